The summed E-state index contributed by atoms with van der Waals surface area (Å²) in [6.45, 7) is 4.51. The van der Waals surface area contributed by atoms with Crippen LogP contribution in [0.25, 0.3) is 0 Å². The van der Waals surface area contributed by atoms with Crippen molar-refractivity contribution in [2.75, 3.05) is 26.7 Å². The number of halogens is 1. The van der Waals surface area contributed by atoms with Gasteiger partial charge in [0.25, 0.3) is 0 Å². The monoisotopic (exact) mass is 295 g/mol. The molecule has 0 N–H and O–H groups in total. The average Bonchev–Trinajstić information content (AvgIpc) is 2.40. The van der Waals surface area contributed by atoms with E-state index in [0.29, 0.717) is 22.9 Å². The van der Waals surface area contributed by atoms with E-state index in [1.165, 1.54) is 19.3 Å². The summed E-state index contributed by atoms with van der Waals surface area (Å²) in [7, 11) is 1.57. The van der Waals surface area contributed by atoms with Crippen LogP contribution in [0.2, 0.25) is 5.02 Å². The van der Waals surface area contributed by atoms with Gasteiger partial charge in [0.05, 0.1) is 18.7 Å². The molecular weight excluding hydrogens is 274 g/mol. The molecule has 1 aliphatic rings. The third kappa shape index (κ3) is 3.74. The molecule has 1 aromatic carbocycles. The summed E-state index contributed by atoms with van der Waals surface area (Å²) in [5.41, 5.74) is 0.655. The molecule has 0 heterocycles. The molecule has 3 nitrogen and oxygen atoms in total. The summed E-state index contributed by atoms with van der Waals surface area (Å²) < 4.78 is 5.10. The second-order valence-electron chi connectivity index (χ2n) is 5.40. The highest BCUT2D eigenvalue weighted by Crippen LogP contribution is 2.27. The van der Waals surface area contributed by atoms with Crippen molar-refractivity contribution in [2.24, 2.45) is 5.92 Å². The van der Waals surface area contributed by atoms with Gasteiger partial charge in [0, 0.05) is 12.1 Å². The molecule has 2 rings (SSSR count). The molecule has 0 atom stereocenters. The van der Waals surface area contributed by atoms with Gasteiger partial charge in [-0.05, 0) is 43.5 Å². The topological polar surface area (TPSA) is 29.5 Å². The molecule has 0 aliphatic heterocycles. The number of carbonyl (C=O) groups is 1. The Morgan fingerprint density at radius 3 is 2.70 bits per heavy atom. The van der Waals surface area contributed by atoms with E-state index in [1.807, 2.05) is 0 Å². The van der Waals surface area contributed by atoms with Crippen LogP contribution in [-0.4, -0.2) is 37.4 Å². The fraction of sp³-hybridized carbons (Fsp3) is 0.562. The molecule has 20 heavy (non-hydrogen) atoms. The summed E-state index contributed by atoms with van der Waals surface area (Å²) in [5, 5.41) is 0.486. The van der Waals surface area contributed by atoms with Gasteiger partial charge in [0.15, 0.2) is 5.78 Å². The van der Waals surface area contributed by atoms with Crippen LogP contribution in [0.5, 0.6) is 5.75 Å². The highest BCUT2D eigenvalue weighted by Gasteiger charge is 2.21. The van der Waals surface area contributed by atoms with E-state index >= 15 is 0 Å². The van der Waals surface area contributed by atoms with Gasteiger partial charge in [-0.2, -0.15) is 0 Å². The second-order valence-corrected chi connectivity index (χ2v) is 5.80. The van der Waals surface area contributed by atoms with Crippen molar-refractivity contribution in [3.8, 4) is 5.75 Å². The van der Waals surface area contributed by atoms with Crippen molar-refractivity contribution < 1.29 is 9.53 Å². The van der Waals surface area contributed by atoms with Crippen LogP contribution in [0.3, 0.4) is 0 Å². The maximum absolute atomic E-state index is 12.3. The molecule has 4 heteroatoms. The minimum Gasteiger partial charge on any atom is -0.495 e. The Hall–Kier alpha value is -1.06. The Morgan fingerprint density at radius 2 is 2.20 bits per heavy atom. The van der Waals surface area contributed by atoms with Crippen LogP contribution in [0.1, 0.15) is 36.5 Å². The van der Waals surface area contributed by atoms with Gasteiger partial charge in [0.1, 0.15) is 5.75 Å². The summed E-state index contributed by atoms with van der Waals surface area (Å²) in [6.07, 6.45) is 3.95. The molecule has 0 amide bonds. The predicted octanol–water partition coefficient (Wildman–Crippen LogP) is 3.65. The summed E-state index contributed by atoms with van der Waals surface area (Å²) >= 11 is 6.07. The highest BCUT2D eigenvalue weighted by molar-refractivity contribution is 6.32. The lowest BCUT2D eigenvalue weighted by Gasteiger charge is -2.31. The van der Waals surface area contributed by atoms with E-state index in [0.717, 1.165) is 19.0 Å². The summed E-state index contributed by atoms with van der Waals surface area (Å²) in [4.78, 5) is 14.5. The van der Waals surface area contributed by atoms with E-state index in [9.17, 15) is 4.79 Å². The maximum atomic E-state index is 12.3. The van der Waals surface area contributed by atoms with Crippen LogP contribution in [-0.2, 0) is 0 Å². The second kappa shape index (κ2) is 7.09. The fourth-order valence-corrected chi connectivity index (χ4v) is 2.74. The number of methoxy groups -OCH3 is 1. The molecule has 0 radical (unpaired) electrons. The van der Waals surface area contributed by atoms with Gasteiger partial charge >= 0.3 is 0 Å². The molecule has 110 valence electrons. The zero-order valence-electron chi connectivity index (χ0n) is 12.2. The van der Waals surface area contributed by atoms with Crippen LogP contribution in [0, 0.1) is 5.92 Å². The van der Waals surface area contributed by atoms with Crippen molar-refractivity contribution in [3.63, 3.8) is 0 Å². The van der Waals surface area contributed by atoms with Gasteiger partial charge in [-0.1, -0.05) is 24.9 Å². The van der Waals surface area contributed by atoms with Gasteiger partial charge in [-0.25, -0.2) is 0 Å². The third-order valence-electron chi connectivity index (χ3n) is 4.03. The molecule has 1 fully saturated rings. The first-order valence-electron chi connectivity index (χ1n) is 7.23. The van der Waals surface area contributed by atoms with Gasteiger partial charge in [0.2, 0.25) is 0 Å². The first-order valence-corrected chi connectivity index (χ1v) is 7.61. The summed E-state index contributed by atoms with van der Waals surface area (Å²) in [5.74, 6) is 1.50. The third-order valence-corrected chi connectivity index (χ3v) is 4.32. The first kappa shape index (κ1) is 15.3. The number of rotatable bonds is 7. The lowest BCUT2D eigenvalue weighted by molar-refractivity contribution is 0.0905. The van der Waals surface area contributed by atoms with Crippen molar-refractivity contribution in [1.29, 1.82) is 0 Å². The minimum atomic E-state index is 0.121. The van der Waals surface area contributed by atoms with Crippen LogP contribution < -0.4 is 4.74 Å². The van der Waals surface area contributed by atoms with E-state index in [2.05, 4.69) is 11.8 Å². The largest absolute Gasteiger partial charge is 0.495 e. The number of Topliss-reactive ketones (excluding diaryl/α,β-unsaturated/α-hetero) is 1. The lowest BCUT2D eigenvalue weighted by Crippen LogP contribution is -2.36. The Morgan fingerprint density at radius 1 is 1.45 bits per heavy atom. The van der Waals surface area contributed by atoms with Crippen LogP contribution >= 0.6 is 11.6 Å². The fourth-order valence-electron chi connectivity index (χ4n) is 2.48. The Labute approximate surface area is 125 Å². The quantitative estimate of drug-likeness (QED) is 0.719. The van der Waals surface area contributed by atoms with E-state index < -0.39 is 0 Å². The molecule has 0 unspecified atom stereocenters. The maximum Gasteiger partial charge on any atom is 0.176 e. The highest BCUT2D eigenvalue weighted by atomic mass is 35.5. The number of ether oxygens (including phenoxy) is 1. The Balaban J connectivity index is 1.97. The van der Waals surface area contributed by atoms with Crippen LogP contribution in [0.15, 0.2) is 18.2 Å². The molecule has 0 aromatic heterocycles. The zero-order chi connectivity index (χ0) is 14.5. The molecule has 0 bridgehead atoms. The molecule has 1 saturated carbocycles. The molecule has 1 aliphatic carbocycles. The van der Waals surface area contributed by atoms with Crippen LogP contribution in [0.4, 0.5) is 0 Å². The summed E-state index contributed by atoms with van der Waals surface area (Å²) in [6, 6.07) is 5.22. The normalized spacial score (nSPS) is 15.2. The predicted molar refractivity (Wildman–Crippen MR) is 81.8 cm³/mol. The SMILES string of the molecule is CCN(CC(=O)c1ccc(OC)c(Cl)c1)CC1CCC1. The smallest absolute Gasteiger partial charge is 0.176 e. The van der Waals surface area contributed by atoms with Crippen molar-refractivity contribution in [1.82, 2.24) is 4.90 Å². The van der Waals surface area contributed by atoms with E-state index in [1.54, 1.807) is 25.3 Å². The molecule has 0 spiro atoms. The molecule has 0 saturated heterocycles. The van der Waals surface area contributed by atoms with E-state index in [-0.39, 0.29) is 5.78 Å². The van der Waals surface area contributed by atoms with Crippen molar-refractivity contribution >= 4 is 17.4 Å². The van der Waals surface area contributed by atoms with Gasteiger partial charge < -0.3 is 4.74 Å². The van der Waals surface area contributed by atoms with Crippen molar-refractivity contribution in [3.05, 3.63) is 28.8 Å². The number of hydrogen-bond donors (Lipinski definition) is 0. The average molecular weight is 296 g/mol. The number of ketones is 1. The number of carbonyl (C=O) groups excluding carboxylic acids is 1. The molecular formula is C16H22ClNO2. The van der Waals surface area contributed by atoms with E-state index in [4.69, 9.17) is 16.3 Å². The molecule has 1 aromatic rings. The minimum absolute atomic E-state index is 0.121. The number of nitrogens with zero attached hydrogens (tertiary/aromatic N) is 1. The number of likely N-dealkylation sites (N-methyl/N-ethyl adjacent to an activating group) is 1. The lowest BCUT2D eigenvalue weighted by atomic mass is 9.85. The Bertz CT molecular complexity index is 472. The first-order chi connectivity index (χ1) is 9.63. The Kier molecular flexibility index (Phi) is 5.44. The van der Waals surface area contributed by atoms with Gasteiger partial charge in [-0.15, -0.1) is 0 Å². The number of hydrogen-bond acceptors (Lipinski definition) is 3. The zero-order valence-corrected chi connectivity index (χ0v) is 12.9. The van der Waals surface area contributed by atoms with Crippen molar-refractivity contribution in [2.45, 2.75) is 26.2 Å². The standard InChI is InChI=1S/C16H22ClNO2/c1-3-18(10-12-5-4-6-12)11-15(19)13-7-8-16(20-2)14(17)9-13/h7-9,12H,3-6,10-11H2,1-2H3. The number of benzene rings is 1. The van der Waals surface area contributed by atoms with Gasteiger partial charge in [-0.3, -0.25) is 9.69 Å².